The zero-order chi connectivity index (χ0) is 21.1. The van der Waals surface area contributed by atoms with Gasteiger partial charge >= 0.3 is 0 Å². The van der Waals surface area contributed by atoms with Crippen molar-refractivity contribution in [1.82, 2.24) is 9.88 Å². The molecule has 1 saturated heterocycles. The van der Waals surface area contributed by atoms with E-state index in [4.69, 9.17) is 9.15 Å². The molecule has 30 heavy (non-hydrogen) atoms. The zero-order valence-corrected chi connectivity index (χ0v) is 16.3. The molecular formula is C23H20N2O5. The van der Waals surface area contributed by atoms with Gasteiger partial charge in [0.05, 0.1) is 31.0 Å². The first-order chi connectivity index (χ1) is 14.6. The second-order valence-electron chi connectivity index (χ2n) is 6.75. The average molecular weight is 404 g/mol. The van der Waals surface area contributed by atoms with Gasteiger partial charge in [-0.15, -0.1) is 0 Å². The number of hydrogen-bond donors (Lipinski definition) is 1. The Kier molecular flexibility index (Phi) is 5.34. The molecule has 0 bridgehead atoms. The molecule has 0 spiro atoms. The van der Waals surface area contributed by atoms with Gasteiger partial charge in [0.1, 0.15) is 17.3 Å². The van der Waals surface area contributed by atoms with Gasteiger partial charge in [-0.25, -0.2) is 0 Å². The van der Waals surface area contributed by atoms with Crippen molar-refractivity contribution >= 4 is 17.4 Å². The number of carbonyl (C=O) groups is 2. The summed E-state index contributed by atoms with van der Waals surface area (Å²) in [5.74, 6) is -0.599. The maximum atomic E-state index is 13.0. The fourth-order valence-electron chi connectivity index (χ4n) is 3.56. The normalized spacial score (nSPS) is 18.0. The van der Waals surface area contributed by atoms with E-state index in [1.807, 2.05) is 6.92 Å². The van der Waals surface area contributed by atoms with Gasteiger partial charge in [-0.2, -0.15) is 0 Å². The predicted molar refractivity (Wildman–Crippen MR) is 108 cm³/mol. The van der Waals surface area contributed by atoms with Crippen molar-refractivity contribution in [2.75, 3.05) is 6.61 Å². The summed E-state index contributed by atoms with van der Waals surface area (Å²) < 4.78 is 10.9. The highest BCUT2D eigenvalue weighted by molar-refractivity contribution is 6.46. The SMILES string of the molecule is CCOc1cccc(C(O)=C2C(=O)C(=O)N(Cc3ccco3)C2c2ccncc2)c1. The summed E-state index contributed by atoms with van der Waals surface area (Å²) >= 11 is 0. The third-order valence-electron chi connectivity index (χ3n) is 4.89. The molecule has 0 radical (unpaired) electrons. The van der Waals surface area contributed by atoms with Crippen molar-refractivity contribution in [3.8, 4) is 5.75 Å². The van der Waals surface area contributed by atoms with E-state index >= 15 is 0 Å². The molecule has 0 aliphatic carbocycles. The number of furan rings is 1. The largest absolute Gasteiger partial charge is 0.507 e. The minimum absolute atomic E-state index is 0.0198. The number of ketones is 1. The van der Waals surface area contributed by atoms with Gasteiger partial charge in [0.15, 0.2) is 0 Å². The number of carbonyl (C=O) groups excluding carboxylic acids is 2. The highest BCUT2D eigenvalue weighted by Crippen LogP contribution is 2.40. The monoisotopic (exact) mass is 404 g/mol. The first kappa shape index (κ1) is 19.4. The van der Waals surface area contributed by atoms with Crippen molar-refractivity contribution in [1.29, 1.82) is 0 Å². The second kappa shape index (κ2) is 8.24. The van der Waals surface area contributed by atoms with E-state index in [1.54, 1.807) is 60.9 Å². The van der Waals surface area contributed by atoms with Crippen molar-refractivity contribution in [2.45, 2.75) is 19.5 Å². The summed E-state index contributed by atoms with van der Waals surface area (Å²) in [6, 6.07) is 12.9. The van der Waals surface area contributed by atoms with E-state index in [9.17, 15) is 14.7 Å². The van der Waals surface area contributed by atoms with Crippen LogP contribution in [0.3, 0.4) is 0 Å². The van der Waals surface area contributed by atoms with Gasteiger partial charge in [0.25, 0.3) is 11.7 Å². The van der Waals surface area contributed by atoms with E-state index in [-0.39, 0.29) is 17.9 Å². The van der Waals surface area contributed by atoms with Crippen LogP contribution in [-0.4, -0.2) is 33.3 Å². The van der Waals surface area contributed by atoms with Crippen LogP contribution in [0.2, 0.25) is 0 Å². The van der Waals surface area contributed by atoms with Crippen molar-refractivity contribution in [3.63, 3.8) is 0 Å². The van der Waals surface area contributed by atoms with Gasteiger partial charge in [0.2, 0.25) is 0 Å². The average Bonchev–Trinajstić information content (AvgIpc) is 3.37. The summed E-state index contributed by atoms with van der Waals surface area (Å²) in [6.45, 7) is 2.42. The standard InChI is InChI=1S/C23H20N2O5/c1-2-29-17-6-3-5-16(13-17)21(26)19-20(15-8-10-24-11-9-15)25(23(28)22(19)27)14-18-7-4-12-30-18/h3-13,20,26H,2,14H2,1H3. The Bertz CT molecular complexity index is 1090. The van der Waals surface area contributed by atoms with Crippen LogP contribution < -0.4 is 4.74 Å². The van der Waals surface area contributed by atoms with Gasteiger partial charge in [-0.05, 0) is 48.9 Å². The van der Waals surface area contributed by atoms with E-state index in [0.29, 0.717) is 29.2 Å². The Balaban J connectivity index is 1.84. The summed E-state index contributed by atoms with van der Waals surface area (Å²) in [5.41, 5.74) is 1.08. The number of hydrogen-bond acceptors (Lipinski definition) is 6. The second-order valence-corrected chi connectivity index (χ2v) is 6.75. The maximum absolute atomic E-state index is 13.0. The van der Waals surface area contributed by atoms with Crippen LogP contribution in [0.5, 0.6) is 5.75 Å². The molecule has 7 heteroatoms. The molecule has 3 aromatic rings. The van der Waals surface area contributed by atoms with Crippen molar-refractivity contribution in [3.05, 3.63) is 89.6 Å². The van der Waals surface area contributed by atoms with Gasteiger partial charge < -0.3 is 19.2 Å². The number of benzene rings is 1. The van der Waals surface area contributed by atoms with Crippen molar-refractivity contribution in [2.24, 2.45) is 0 Å². The van der Waals surface area contributed by atoms with Crippen LogP contribution >= 0.6 is 0 Å². The fraction of sp³-hybridized carbons (Fsp3) is 0.174. The minimum atomic E-state index is -0.770. The molecule has 1 atom stereocenters. The summed E-state index contributed by atoms with van der Waals surface area (Å²) in [7, 11) is 0. The molecule has 2 aromatic heterocycles. The third kappa shape index (κ3) is 3.57. The summed E-state index contributed by atoms with van der Waals surface area (Å²) in [5, 5.41) is 11.1. The Hall–Kier alpha value is -3.87. The maximum Gasteiger partial charge on any atom is 0.296 e. The molecular weight excluding hydrogens is 384 g/mol. The van der Waals surface area contributed by atoms with E-state index in [1.165, 1.54) is 11.2 Å². The summed E-state index contributed by atoms with van der Waals surface area (Å²) in [6.07, 6.45) is 4.67. The molecule has 3 heterocycles. The topological polar surface area (TPSA) is 92.9 Å². The number of nitrogens with zero attached hydrogens (tertiary/aromatic N) is 2. The lowest BCUT2D eigenvalue weighted by atomic mass is 9.96. The molecule has 152 valence electrons. The molecule has 0 saturated carbocycles. The Morgan fingerprint density at radius 1 is 1.17 bits per heavy atom. The molecule has 4 rings (SSSR count). The number of Topliss-reactive ketones (excluding diaryl/α,β-unsaturated/α-hetero) is 1. The lowest BCUT2D eigenvalue weighted by Gasteiger charge is -2.24. The number of aliphatic hydroxyl groups excluding tert-OH is 1. The molecule has 1 amide bonds. The molecule has 1 aliphatic rings. The van der Waals surface area contributed by atoms with Crippen molar-refractivity contribution < 1.29 is 23.8 Å². The molecule has 1 aromatic carbocycles. The van der Waals surface area contributed by atoms with Crippen LogP contribution in [0, 0.1) is 0 Å². The van der Waals surface area contributed by atoms with Gasteiger partial charge in [-0.1, -0.05) is 12.1 Å². The molecule has 1 N–H and O–H groups in total. The number of ether oxygens (including phenoxy) is 1. The van der Waals surface area contributed by atoms with E-state index in [0.717, 1.165) is 0 Å². The van der Waals surface area contributed by atoms with Gasteiger partial charge in [-0.3, -0.25) is 14.6 Å². The van der Waals surface area contributed by atoms with Crippen LogP contribution in [0.4, 0.5) is 0 Å². The zero-order valence-electron chi connectivity index (χ0n) is 16.3. The number of rotatable bonds is 6. The quantitative estimate of drug-likeness (QED) is 0.383. The third-order valence-corrected chi connectivity index (χ3v) is 4.89. The Morgan fingerprint density at radius 3 is 2.67 bits per heavy atom. The molecule has 1 unspecified atom stereocenters. The molecule has 1 aliphatic heterocycles. The van der Waals surface area contributed by atoms with Crippen LogP contribution in [-0.2, 0) is 16.1 Å². The number of aliphatic hydroxyl groups is 1. The first-order valence-electron chi connectivity index (χ1n) is 9.54. The van der Waals surface area contributed by atoms with Gasteiger partial charge in [0, 0.05) is 18.0 Å². The van der Waals surface area contributed by atoms with E-state index < -0.39 is 17.7 Å². The Labute approximate surface area is 173 Å². The lowest BCUT2D eigenvalue weighted by Crippen LogP contribution is -2.29. The number of likely N-dealkylation sites (tertiary alicyclic amines) is 1. The molecule has 7 nitrogen and oxygen atoms in total. The number of pyridine rings is 1. The highest BCUT2D eigenvalue weighted by Gasteiger charge is 2.46. The van der Waals surface area contributed by atoms with E-state index in [2.05, 4.69) is 4.98 Å². The smallest absolute Gasteiger partial charge is 0.296 e. The number of aromatic nitrogens is 1. The Morgan fingerprint density at radius 2 is 1.97 bits per heavy atom. The van der Waals surface area contributed by atoms with Crippen LogP contribution in [0.15, 0.2) is 77.2 Å². The van der Waals surface area contributed by atoms with Crippen LogP contribution in [0.1, 0.15) is 29.9 Å². The first-order valence-corrected chi connectivity index (χ1v) is 9.54. The van der Waals surface area contributed by atoms with Crippen LogP contribution in [0.25, 0.3) is 5.76 Å². The fourth-order valence-corrected chi connectivity index (χ4v) is 3.56. The highest BCUT2D eigenvalue weighted by atomic mass is 16.5. The summed E-state index contributed by atoms with van der Waals surface area (Å²) in [4.78, 5) is 31.3. The molecule has 1 fully saturated rings. The predicted octanol–water partition coefficient (Wildman–Crippen LogP) is 3.70. The minimum Gasteiger partial charge on any atom is -0.507 e. The lowest BCUT2D eigenvalue weighted by molar-refractivity contribution is -0.140. The number of amides is 1.